The Morgan fingerprint density at radius 1 is 1.29 bits per heavy atom. The molecule has 1 aromatic heterocycles. The zero-order valence-corrected chi connectivity index (χ0v) is 12.7. The van der Waals surface area contributed by atoms with Crippen molar-refractivity contribution in [3.05, 3.63) is 16.0 Å². The van der Waals surface area contributed by atoms with E-state index in [1.54, 1.807) is 0 Å². The quantitative estimate of drug-likeness (QED) is 0.908. The van der Waals surface area contributed by atoms with Gasteiger partial charge >= 0.3 is 0 Å². The first-order chi connectivity index (χ1) is 7.96. The summed E-state index contributed by atoms with van der Waals surface area (Å²) in [5.74, 6) is 1.52. The summed E-state index contributed by atoms with van der Waals surface area (Å²) >= 11 is 3.51. The Bertz CT molecular complexity index is 368. The third-order valence-electron chi connectivity index (χ3n) is 2.54. The smallest absolute Gasteiger partial charge is 0.162 e. The van der Waals surface area contributed by atoms with Gasteiger partial charge in [0.1, 0.15) is 11.4 Å². The molecule has 1 rings (SSSR count). The number of ether oxygens (including phenoxy) is 1. The summed E-state index contributed by atoms with van der Waals surface area (Å²) in [7, 11) is 1.85. The predicted octanol–water partition coefficient (Wildman–Crippen LogP) is 3.11. The topological polar surface area (TPSA) is 47.0 Å². The standard InChI is InChI=1S/C12H20BrN3O/c1-6-8-9(13)10(14-5)16-11(15-8)12(3,4)17-7-2/h6-7H2,1-5H3,(H,14,15,16). The van der Waals surface area contributed by atoms with Crippen LogP contribution < -0.4 is 5.32 Å². The monoisotopic (exact) mass is 301 g/mol. The van der Waals surface area contributed by atoms with E-state index in [2.05, 4.69) is 38.1 Å². The van der Waals surface area contributed by atoms with Crippen LogP contribution in [0.5, 0.6) is 0 Å². The van der Waals surface area contributed by atoms with Crippen molar-refractivity contribution in [2.75, 3.05) is 19.0 Å². The molecule has 0 amide bonds. The molecule has 0 saturated carbocycles. The van der Waals surface area contributed by atoms with Crippen LogP contribution in [0, 0.1) is 0 Å². The summed E-state index contributed by atoms with van der Waals surface area (Å²) in [4.78, 5) is 9.06. The molecule has 0 aliphatic carbocycles. The maximum Gasteiger partial charge on any atom is 0.162 e. The van der Waals surface area contributed by atoms with Crippen LogP contribution in [-0.4, -0.2) is 23.6 Å². The lowest BCUT2D eigenvalue weighted by atomic mass is 10.1. The molecule has 0 atom stereocenters. The molecule has 0 saturated heterocycles. The Morgan fingerprint density at radius 3 is 2.41 bits per heavy atom. The van der Waals surface area contributed by atoms with Crippen LogP contribution in [0.3, 0.4) is 0 Å². The normalized spacial score (nSPS) is 11.6. The first-order valence-corrected chi connectivity index (χ1v) is 6.64. The number of hydrogen-bond donors (Lipinski definition) is 1. The van der Waals surface area contributed by atoms with Gasteiger partial charge in [0.25, 0.3) is 0 Å². The molecule has 0 spiro atoms. The van der Waals surface area contributed by atoms with Crippen LogP contribution in [0.4, 0.5) is 5.82 Å². The van der Waals surface area contributed by atoms with Crippen molar-refractivity contribution in [1.82, 2.24) is 9.97 Å². The van der Waals surface area contributed by atoms with Gasteiger partial charge in [0.05, 0.1) is 10.2 Å². The van der Waals surface area contributed by atoms with Crippen LogP contribution in [0.15, 0.2) is 4.47 Å². The Balaban J connectivity index is 3.26. The van der Waals surface area contributed by atoms with Crippen molar-refractivity contribution < 1.29 is 4.74 Å². The molecule has 0 aromatic carbocycles. The van der Waals surface area contributed by atoms with Crippen LogP contribution in [0.25, 0.3) is 0 Å². The van der Waals surface area contributed by atoms with Gasteiger partial charge < -0.3 is 10.1 Å². The largest absolute Gasteiger partial charge is 0.372 e. The first-order valence-electron chi connectivity index (χ1n) is 5.84. The molecule has 4 nitrogen and oxygen atoms in total. The van der Waals surface area contributed by atoms with Gasteiger partial charge in [-0.2, -0.15) is 0 Å². The highest BCUT2D eigenvalue weighted by atomic mass is 79.9. The van der Waals surface area contributed by atoms with E-state index in [0.29, 0.717) is 12.4 Å². The molecule has 0 aliphatic rings. The van der Waals surface area contributed by atoms with Crippen molar-refractivity contribution in [3.8, 4) is 0 Å². The Hall–Kier alpha value is -0.680. The number of nitrogens with one attached hydrogen (secondary N) is 1. The second kappa shape index (κ2) is 5.78. The van der Waals surface area contributed by atoms with Gasteiger partial charge in [-0.1, -0.05) is 6.92 Å². The lowest BCUT2D eigenvalue weighted by molar-refractivity contribution is -0.0208. The second-order valence-corrected chi connectivity index (χ2v) is 5.00. The molecule has 1 aromatic rings. The molecular weight excluding hydrogens is 282 g/mol. The molecule has 0 radical (unpaired) electrons. The number of aryl methyl sites for hydroxylation is 1. The van der Waals surface area contributed by atoms with E-state index in [9.17, 15) is 0 Å². The van der Waals surface area contributed by atoms with Gasteiger partial charge in [-0.05, 0) is 43.1 Å². The number of halogens is 1. The SMILES string of the molecule is CCOC(C)(C)c1nc(CC)c(Br)c(NC)n1. The lowest BCUT2D eigenvalue weighted by Gasteiger charge is -2.24. The Labute approximate surface area is 111 Å². The van der Waals surface area contributed by atoms with Crippen molar-refractivity contribution in [1.29, 1.82) is 0 Å². The summed E-state index contributed by atoms with van der Waals surface area (Å²) in [5.41, 5.74) is 0.525. The first kappa shape index (κ1) is 14.4. The average molecular weight is 302 g/mol. The summed E-state index contributed by atoms with van der Waals surface area (Å²) < 4.78 is 6.62. The fraction of sp³-hybridized carbons (Fsp3) is 0.667. The molecule has 17 heavy (non-hydrogen) atoms. The fourth-order valence-corrected chi connectivity index (χ4v) is 2.24. The molecule has 1 N–H and O–H groups in total. The third kappa shape index (κ3) is 3.16. The van der Waals surface area contributed by atoms with Gasteiger partial charge in [-0.25, -0.2) is 9.97 Å². The van der Waals surface area contributed by atoms with Crippen LogP contribution >= 0.6 is 15.9 Å². The van der Waals surface area contributed by atoms with Crippen LogP contribution in [0.2, 0.25) is 0 Å². The zero-order chi connectivity index (χ0) is 13.1. The maximum absolute atomic E-state index is 5.69. The van der Waals surface area contributed by atoms with Gasteiger partial charge in [-0.3, -0.25) is 0 Å². The highest BCUT2D eigenvalue weighted by molar-refractivity contribution is 9.10. The number of rotatable bonds is 5. The van der Waals surface area contributed by atoms with Crippen LogP contribution in [0.1, 0.15) is 39.2 Å². The highest BCUT2D eigenvalue weighted by Crippen LogP contribution is 2.28. The van der Waals surface area contributed by atoms with Gasteiger partial charge in [0, 0.05) is 13.7 Å². The number of nitrogens with zero attached hydrogens (tertiary/aromatic N) is 2. The molecule has 1 heterocycles. The molecular formula is C12H20BrN3O. The Morgan fingerprint density at radius 2 is 1.94 bits per heavy atom. The van der Waals surface area contributed by atoms with Crippen LogP contribution in [-0.2, 0) is 16.8 Å². The van der Waals surface area contributed by atoms with E-state index in [1.807, 2.05) is 27.8 Å². The summed E-state index contributed by atoms with van der Waals surface area (Å²) in [5, 5.41) is 3.07. The number of aromatic nitrogens is 2. The minimum Gasteiger partial charge on any atom is -0.372 e. The minimum atomic E-state index is -0.467. The number of hydrogen-bond acceptors (Lipinski definition) is 4. The Kier molecular flexibility index (Phi) is 4.89. The number of anilines is 1. The molecule has 0 unspecified atom stereocenters. The summed E-state index contributed by atoms with van der Waals surface area (Å²) in [6, 6.07) is 0. The van der Waals surface area contributed by atoms with E-state index in [-0.39, 0.29) is 0 Å². The zero-order valence-electron chi connectivity index (χ0n) is 11.1. The van der Waals surface area contributed by atoms with Gasteiger partial charge in [-0.15, -0.1) is 0 Å². The molecule has 0 aliphatic heterocycles. The molecule has 0 fully saturated rings. The fourth-order valence-electron chi connectivity index (χ4n) is 1.59. The third-order valence-corrected chi connectivity index (χ3v) is 3.37. The van der Waals surface area contributed by atoms with Crippen molar-refractivity contribution in [2.45, 2.75) is 39.7 Å². The van der Waals surface area contributed by atoms with E-state index < -0.39 is 5.60 Å². The highest BCUT2D eigenvalue weighted by Gasteiger charge is 2.26. The van der Waals surface area contributed by atoms with Crippen molar-refractivity contribution in [2.24, 2.45) is 0 Å². The minimum absolute atomic E-state index is 0.467. The molecule has 0 bridgehead atoms. The van der Waals surface area contributed by atoms with E-state index in [4.69, 9.17) is 4.74 Å². The van der Waals surface area contributed by atoms with Gasteiger partial charge in [0.15, 0.2) is 5.82 Å². The summed E-state index contributed by atoms with van der Waals surface area (Å²) in [6.45, 7) is 8.66. The average Bonchev–Trinajstić information content (AvgIpc) is 2.29. The molecule has 5 heteroatoms. The van der Waals surface area contributed by atoms with Crippen molar-refractivity contribution >= 4 is 21.7 Å². The van der Waals surface area contributed by atoms with E-state index in [0.717, 1.165) is 22.4 Å². The van der Waals surface area contributed by atoms with E-state index >= 15 is 0 Å². The van der Waals surface area contributed by atoms with E-state index in [1.165, 1.54) is 0 Å². The molecule has 96 valence electrons. The van der Waals surface area contributed by atoms with Crippen molar-refractivity contribution in [3.63, 3.8) is 0 Å². The predicted molar refractivity (Wildman–Crippen MR) is 73.3 cm³/mol. The van der Waals surface area contributed by atoms with Gasteiger partial charge in [0.2, 0.25) is 0 Å². The summed E-state index contributed by atoms with van der Waals surface area (Å²) in [6.07, 6.45) is 0.854. The lowest BCUT2D eigenvalue weighted by Crippen LogP contribution is -2.26. The second-order valence-electron chi connectivity index (χ2n) is 4.20. The maximum atomic E-state index is 5.69.